The Balaban J connectivity index is 2.46. The van der Waals surface area contributed by atoms with Crippen LogP contribution in [0.2, 0.25) is 0 Å². The van der Waals surface area contributed by atoms with Crippen LogP contribution in [0.4, 0.5) is 4.39 Å². The molecule has 0 saturated carbocycles. The Labute approximate surface area is 104 Å². The Kier molecular flexibility index (Phi) is 6.16. The van der Waals surface area contributed by atoms with Crippen LogP contribution in [0, 0.1) is 5.82 Å². The van der Waals surface area contributed by atoms with Gasteiger partial charge < -0.3 is 5.32 Å². The van der Waals surface area contributed by atoms with Crippen molar-refractivity contribution in [1.29, 1.82) is 0 Å². The monoisotopic (exact) mass is 238 g/mol. The number of nitrogens with one attached hydrogen (secondary N) is 1. The van der Waals surface area contributed by atoms with E-state index in [1.54, 1.807) is 6.07 Å². The Morgan fingerprint density at radius 1 is 1.29 bits per heavy atom. The molecule has 1 aromatic carbocycles. The zero-order chi connectivity index (χ0) is 12.7. The normalized spacial score (nSPS) is 13.0. The molecule has 0 aromatic heterocycles. The summed E-state index contributed by atoms with van der Waals surface area (Å²) in [5.74, 6) is -0.109. The van der Waals surface area contributed by atoms with E-state index in [9.17, 15) is 4.39 Å². The smallest absolute Gasteiger partial charge is 0.127 e. The first kappa shape index (κ1) is 14.1. The molecule has 3 heteroatoms. The quantitative estimate of drug-likeness (QED) is 0.735. The van der Waals surface area contributed by atoms with Gasteiger partial charge in [-0.1, -0.05) is 18.2 Å². The minimum Gasteiger partial charge on any atom is -0.320 e. The molecule has 0 amide bonds. The van der Waals surface area contributed by atoms with Gasteiger partial charge in [0.1, 0.15) is 5.82 Å². The van der Waals surface area contributed by atoms with Gasteiger partial charge in [-0.15, -0.1) is 0 Å². The van der Waals surface area contributed by atoms with E-state index >= 15 is 0 Å². The van der Waals surface area contributed by atoms with E-state index in [1.807, 2.05) is 19.2 Å². The first-order valence-electron chi connectivity index (χ1n) is 6.26. The largest absolute Gasteiger partial charge is 0.320 e. The lowest BCUT2D eigenvalue weighted by Gasteiger charge is -2.25. The molecule has 1 rings (SSSR count). The third-order valence-corrected chi connectivity index (χ3v) is 3.20. The molecule has 0 saturated heterocycles. The van der Waals surface area contributed by atoms with Crippen LogP contribution >= 0.6 is 0 Å². The molecular formula is C14H23FN2. The number of halogens is 1. The van der Waals surface area contributed by atoms with E-state index in [1.165, 1.54) is 6.07 Å². The molecule has 0 aliphatic carbocycles. The van der Waals surface area contributed by atoms with Gasteiger partial charge in [-0.25, -0.2) is 4.39 Å². The predicted molar refractivity (Wildman–Crippen MR) is 70.6 cm³/mol. The zero-order valence-corrected chi connectivity index (χ0v) is 11.0. The summed E-state index contributed by atoms with van der Waals surface area (Å²) >= 11 is 0. The fourth-order valence-electron chi connectivity index (χ4n) is 1.91. The van der Waals surface area contributed by atoms with Crippen LogP contribution in [0.5, 0.6) is 0 Å². The van der Waals surface area contributed by atoms with Gasteiger partial charge in [0.15, 0.2) is 0 Å². The van der Waals surface area contributed by atoms with Gasteiger partial charge in [-0.2, -0.15) is 0 Å². The van der Waals surface area contributed by atoms with Crippen molar-refractivity contribution in [3.8, 4) is 0 Å². The number of unbranched alkanes of at least 4 members (excludes halogenated alkanes) is 1. The summed E-state index contributed by atoms with van der Waals surface area (Å²) in [7, 11) is 4.02. The first-order valence-corrected chi connectivity index (χ1v) is 6.26. The number of hydrogen-bond donors (Lipinski definition) is 1. The van der Waals surface area contributed by atoms with Crippen molar-refractivity contribution in [3.63, 3.8) is 0 Å². The molecule has 2 nitrogen and oxygen atoms in total. The van der Waals surface area contributed by atoms with Crippen molar-refractivity contribution < 1.29 is 4.39 Å². The molecule has 0 aliphatic heterocycles. The zero-order valence-electron chi connectivity index (χ0n) is 11.0. The molecule has 0 fully saturated rings. The van der Waals surface area contributed by atoms with E-state index in [4.69, 9.17) is 0 Å². The SMILES string of the molecule is CNCCCCN(C)C(C)c1ccccc1F. The molecule has 0 spiro atoms. The Hall–Kier alpha value is -0.930. The highest BCUT2D eigenvalue weighted by Gasteiger charge is 2.14. The highest BCUT2D eigenvalue weighted by Crippen LogP contribution is 2.21. The summed E-state index contributed by atoms with van der Waals surface area (Å²) in [5, 5.41) is 3.13. The Bertz CT molecular complexity index is 328. The van der Waals surface area contributed by atoms with Gasteiger partial charge in [-0.3, -0.25) is 4.90 Å². The summed E-state index contributed by atoms with van der Waals surface area (Å²) in [6, 6.07) is 7.15. The lowest BCUT2D eigenvalue weighted by molar-refractivity contribution is 0.251. The highest BCUT2D eigenvalue weighted by molar-refractivity contribution is 5.20. The van der Waals surface area contributed by atoms with Gasteiger partial charge >= 0.3 is 0 Å². The molecule has 0 heterocycles. The number of hydrogen-bond acceptors (Lipinski definition) is 2. The fraction of sp³-hybridized carbons (Fsp3) is 0.571. The van der Waals surface area contributed by atoms with E-state index in [0.29, 0.717) is 0 Å². The second-order valence-electron chi connectivity index (χ2n) is 4.49. The average Bonchev–Trinajstić information content (AvgIpc) is 2.34. The molecule has 96 valence electrons. The van der Waals surface area contributed by atoms with Crippen molar-refractivity contribution in [2.45, 2.75) is 25.8 Å². The van der Waals surface area contributed by atoms with Crippen LogP contribution in [0.15, 0.2) is 24.3 Å². The molecule has 1 aromatic rings. The van der Waals surface area contributed by atoms with Gasteiger partial charge in [0, 0.05) is 11.6 Å². The van der Waals surface area contributed by atoms with Crippen molar-refractivity contribution in [2.75, 3.05) is 27.2 Å². The summed E-state index contributed by atoms with van der Waals surface area (Å²) in [4.78, 5) is 2.20. The van der Waals surface area contributed by atoms with Crippen LogP contribution in [-0.2, 0) is 0 Å². The molecule has 0 radical (unpaired) electrons. The standard InChI is InChI=1S/C14H23FN2/c1-12(13-8-4-5-9-14(13)15)17(3)11-7-6-10-16-2/h4-5,8-9,12,16H,6-7,10-11H2,1-3H3. The molecule has 0 aliphatic rings. The molecule has 1 unspecified atom stereocenters. The topological polar surface area (TPSA) is 15.3 Å². The highest BCUT2D eigenvalue weighted by atomic mass is 19.1. The molecule has 17 heavy (non-hydrogen) atoms. The summed E-state index contributed by atoms with van der Waals surface area (Å²) in [6.45, 7) is 4.09. The fourth-order valence-corrected chi connectivity index (χ4v) is 1.91. The Morgan fingerprint density at radius 2 is 2.00 bits per heavy atom. The number of rotatable bonds is 7. The van der Waals surface area contributed by atoms with Gasteiger partial charge in [-0.05, 0) is 53.0 Å². The van der Waals surface area contributed by atoms with Gasteiger partial charge in [0.25, 0.3) is 0 Å². The van der Waals surface area contributed by atoms with Crippen LogP contribution in [0.25, 0.3) is 0 Å². The van der Waals surface area contributed by atoms with Crippen molar-refractivity contribution in [1.82, 2.24) is 10.2 Å². The number of nitrogens with zero attached hydrogens (tertiary/aromatic N) is 1. The second kappa shape index (κ2) is 7.41. The maximum Gasteiger partial charge on any atom is 0.127 e. The lowest BCUT2D eigenvalue weighted by atomic mass is 10.1. The van der Waals surface area contributed by atoms with Crippen LogP contribution in [0.1, 0.15) is 31.4 Å². The maximum atomic E-state index is 13.6. The van der Waals surface area contributed by atoms with Crippen LogP contribution < -0.4 is 5.32 Å². The molecule has 0 bridgehead atoms. The number of benzene rings is 1. The Morgan fingerprint density at radius 3 is 2.65 bits per heavy atom. The predicted octanol–water partition coefficient (Wildman–Crippen LogP) is 2.82. The first-order chi connectivity index (χ1) is 8.16. The van der Waals surface area contributed by atoms with Crippen LogP contribution in [0.3, 0.4) is 0 Å². The second-order valence-corrected chi connectivity index (χ2v) is 4.49. The van der Waals surface area contributed by atoms with Crippen molar-refractivity contribution in [3.05, 3.63) is 35.6 Å². The molecular weight excluding hydrogens is 215 g/mol. The van der Waals surface area contributed by atoms with Crippen molar-refractivity contribution >= 4 is 0 Å². The van der Waals surface area contributed by atoms with E-state index in [-0.39, 0.29) is 11.9 Å². The van der Waals surface area contributed by atoms with E-state index in [2.05, 4.69) is 24.2 Å². The van der Waals surface area contributed by atoms with E-state index < -0.39 is 0 Å². The minimum atomic E-state index is -0.109. The van der Waals surface area contributed by atoms with Gasteiger partial charge in [0.2, 0.25) is 0 Å². The average molecular weight is 238 g/mol. The molecule has 1 N–H and O–H groups in total. The third-order valence-electron chi connectivity index (χ3n) is 3.20. The summed E-state index contributed by atoms with van der Waals surface area (Å²) < 4.78 is 13.6. The van der Waals surface area contributed by atoms with Crippen molar-refractivity contribution in [2.24, 2.45) is 0 Å². The summed E-state index contributed by atoms with van der Waals surface area (Å²) in [5.41, 5.74) is 0.781. The van der Waals surface area contributed by atoms with Gasteiger partial charge in [0.05, 0.1) is 0 Å². The minimum absolute atomic E-state index is 0.109. The molecule has 1 atom stereocenters. The summed E-state index contributed by atoms with van der Waals surface area (Å²) in [6.07, 6.45) is 2.29. The third kappa shape index (κ3) is 4.44. The van der Waals surface area contributed by atoms with Crippen LogP contribution in [-0.4, -0.2) is 32.1 Å². The maximum absolute atomic E-state index is 13.6. The lowest BCUT2D eigenvalue weighted by Crippen LogP contribution is -2.25. The van der Waals surface area contributed by atoms with E-state index in [0.717, 1.165) is 31.5 Å².